The molecule has 1 aromatic carbocycles. The summed E-state index contributed by atoms with van der Waals surface area (Å²) in [5, 5.41) is 12.5. The first-order valence-electron chi connectivity index (χ1n) is 5.96. The van der Waals surface area contributed by atoms with Crippen molar-refractivity contribution in [2.75, 3.05) is 0 Å². The fraction of sp³-hybridized carbons (Fsp3) is 0.462. The molecule has 17 heavy (non-hydrogen) atoms. The van der Waals surface area contributed by atoms with Gasteiger partial charge in [-0.3, -0.25) is 0 Å². The van der Waals surface area contributed by atoms with E-state index < -0.39 is 0 Å². The lowest BCUT2D eigenvalue weighted by Gasteiger charge is -2.11. The Kier molecular flexibility index (Phi) is 3.94. The second-order valence-electron chi connectivity index (χ2n) is 4.49. The second kappa shape index (κ2) is 5.45. The number of oxime groups is 1. The molecule has 0 heterocycles. The zero-order valence-corrected chi connectivity index (χ0v) is 10.8. The molecule has 0 spiro atoms. The number of nitrogens with two attached hydrogens (primary N) is 1. The summed E-state index contributed by atoms with van der Waals surface area (Å²) in [5.41, 5.74) is 7.47. The van der Waals surface area contributed by atoms with Crippen LogP contribution in [0.4, 0.5) is 0 Å². The van der Waals surface area contributed by atoms with Gasteiger partial charge in [0, 0.05) is 15.7 Å². The summed E-state index contributed by atoms with van der Waals surface area (Å²) < 4.78 is 0. The zero-order valence-electron chi connectivity index (χ0n) is 10.0. The molecule has 0 bridgehead atoms. The number of hydrogen-bond donors (Lipinski definition) is 2. The van der Waals surface area contributed by atoms with Crippen LogP contribution in [-0.4, -0.2) is 16.3 Å². The van der Waals surface area contributed by atoms with E-state index >= 15 is 0 Å². The van der Waals surface area contributed by atoms with Gasteiger partial charge in [-0.25, -0.2) is 0 Å². The van der Waals surface area contributed by atoms with E-state index in [0.29, 0.717) is 0 Å². The summed E-state index contributed by atoms with van der Waals surface area (Å²) in [7, 11) is 0. The van der Waals surface area contributed by atoms with Crippen LogP contribution in [0.25, 0.3) is 0 Å². The SMILES string of the molecule is Cc1cc(SC2CCCC2)ccc1/C(N)=N/O. The second-order valence-corrected chi connectivity index (χ2v) is 5.86. The Bertz CT molecular complexity index is 425. The molecule has 0 saturated heterocycles. The van der Waals surface area contributed by atoms with Gasteiger partial charge in [-0.05, 0) is 43.5 Å². The van der Waals surface area contributed by atoms with Gasteiger partial charge in [0.2, 0.25) is 0 Å². The summed E-state index contributed by atoms with van der Waals surface area (Å²) in [5.74, 6) is 0.180. The first kappa shape index (κ1) is 12.3. The standard InChI is InChI=1S/C13H18N2OS/c1-9-8-11(17-10-4-2-3-5-10)6-7-12(9)13(14)15-16/h6-8,10,16H,2-5H2,1H3,(H2,14,15). The molecule has 4 heteroatoms. The Morgan fingerprint density at radius 3 is 2.71 bits per heavy atom. The van der Waals surface area contributed by atoms with Crippen LogP contribution in [0.2, 0.25) is 0 Å². The average molecular weight is 250 g/mol. The van der Waals surface area contributed by atoms with Gasteiger partial charge in [0.1, 0.15) is 0 Å². The van der Waals surface area contributed by atoms with Gasteiger partial charge in [0.15, 0.2) is 5.84 Å². The normalized spacial score (nSPS) is 17.6. The summed E-state index contributed by atoms with van der Waals surface area (Å²) >= 11 is 1.95. The minimum atomic E-state index is 0.180. The van der Waals surface area contributed by atoms with Gasteiger partial charge >= 0.3 is 0 Å². The third-order valence-electron chi connectivity index (χ3n) is 3.19. The molecule has 0 amide bonds. The summed E-state index contributed by atoms with van der Waals surface area (Å²) in [6.07, 6.45) is 5.37. The topological polar surface area (TPSA) is 58.6 Å². The van der Waals surface area contributed by atoms with Crippen LogP contribution in [0.15, 0.2) is 28.3 Å². The van der Waals surface area contributed by atoms with E-state index in [1.54, 1.807) is 0 Å². The minimum absolute atomic E-state index is 0.180. The molecule has 1 aliphatic carbocycles. The van der Waals surface area contributed by atoms with Gasteiger partial charge < -0.3 is 10.9 Å². The fourth-order valence-corrected chi connectivity index (χ4v) is 3.59. The van der Waals surface area contributed by atoms with Crippen molar-refractivity contribution in [1.29, 1.82) is 0 Å². The van der Waals surface area contributed by atoms with Crippen molar-refractivity contribution in [1.82, 2.24) is 0 Å². The van der Waals surface area contributed by atoms with Crippen LogP contribution in [0.1, 0.15) is 36.8 Å². The van der Waals surface area contributed by atoms with Crippen molar-refractivity contribution in [2.24, 2.45) is 10.9 Å². The third kappa shape index (κ3) is 2.94. The molecule has 0 aliphatic heterocycles. The van der Waals surface area contributed by atoms with Crippen molar-refractivity contribution in [3.8, 4) is 0 Å². The van der Waals surface area contributed by atoms with Crippen molar-refractivity contribution >= 4 is 17.6 Å². The van der Waals surface area contributed by atoms with E-state index in [-0.39, 0.29) is 5.84 Å². The highest BCUT2D eigenvalue weighted by atomic mass is 32.2. The molecule has 3 N–H and O–H groups in total. The number of nitrogens with zero attached hydrogens (tertiary/aromatic N) is 1. The summed E-state index contributed by atoms with van der Waals surface area (Å²) in [4.78, 5) is 1.28. The molecule has 92 valence electrons. The zero-order chi connectivity index (χ0) is 12.3. The molecule has 1 saturated carbocycles. The van der Waals surface area contributed by atoms with E-state index in [9.17, 15) is 0 Å². The van der Waals surface area contributed by atoms with Gasteiger partial charge in [-0.2, -0.15) is 0 Å². The Hall–Kier alpha value is -1.16. The predicted octanol–water partition coefficient (Wildman–Crippen LogP) is 3.12. The van der Waals surface area contributed by atoms with Crippen LogP contribution < -0.4 is 5.73 Å². The lowest BCUT2D eigenvalue weighted by molar-refractivity contribution is 0.318. The van der Waals surface area contributed by atoms with Crippen molar-refractivity contribution < 1.29 is 5.21 Å². The van der Waals surface area contributed by atoms with Crippen molar-refractivity contribution in [3.63, 3.8) is 0 Å². The fourth-order valence-electron chi connectivity index (χ4n) is 2.25. The minimum Gasteiger partial charge on any atom is -0.409 e. The van der Waals surface area contributed by atoms with Crippen molar-refractivity contribution in [2.45, 2.75) is 42.8 Å². The van der Waals surface area contributed by atoms with E-state index in [0.717, 1.165) is 16.4 Å². The van der Waals surface area contributed by atoms with E-state index in [1.807, 2.05) is 24.8 Å². The molecule has 1 fully saturated rings. The molecule has 0 unspecified atom stereocenters. The quantitative estimate of drug-likeness (QED) is 0.375. The molecular weight excluding hydrogens is 232 g/mol. The maximum absolute atomic E-state index is 8.67. The molecule has 3 nitrogen and oxygen atoms in total. The highest BCUT2D eigenvalue weighted by molar-refractivity contribution is 8.00. The Morgan fingerprint density at radius 1 is 1.41 bits per heavy atom. The molecule has 2 rings (SSSR count). The van der Waals surface area contributed by atoms with Crippen LogP contribution in [0, 0.1) is 6.92 Å². The van der Waals surface area contributed by atoms with Gasteiger partial charge in [-0.1, -0.05) is 18.0 Å². The number of aryl methyl sites for hydroxylation is 1. The highest BCUT2D eigenvalue weighted by Gasteiger charge is 2.16. The molecule has 0 atom stereocenters. The van der Waals surface area contributed by atoms with E-state index in [4.69, 9.17) is 10.9 Å². The molecule has 0 aromatic heterocycles. The maximum atomic E-state index is 8.67. The van der Waals surface area contributed by atoms with E-state index in [1.165, 1.54) is 30.6 Å². The average Bonchev–Trinajstić information content (AvgIpc) is 2.81. The van der Waals surface area contributed by atoms with Crippen LogP contribution >= 0.6 is 11.8 Å². The number of amidine groups is 1. The smallest absolute Gasteiger partial charge is 0.170 e. The number of thioether (sulfide) groups is 1. The van der Waals surface area contributed by atoms with Gasteiger partial charge in [-0.15, -0.1) is 11.8 Å². The summed E-state index contributed by atoms with van der Waals surface area (Å²) in [6, 6.07) is 6.11. The third-order valence-corrected chi connectivity index (χ3v) is 4.52. The lowest BCUT2D eigenvalue weighted by Crippen LogP contribution is -2.14. The predicted molar refractivity (Wildman–Crippen MR) is 71.8 cm³/mol. The number of rotatable bonds is 3. The monoisotopic (exact) mass is 250 g/mol. The molecule has 1 aliphatic rings. The van der Waals surface area contributed by atoms with Crippen LogP contribution in [-0.2, 0) is 0 Å². The van der Waals surface area contributed by atoms with Gasteiger partial charge in [0.05, 0.1) is 0 Å². The largest absolute Gasteiger partial charge is 0.409 e. The van der Waals surface area contributed by atoms with E-state index in [2.05, 4.69) is 17.3 Å². The molecule has 1 aromatic rings. The summed E-state index contributed by atoms with van der Waals surface area (Å²) in [6.45, 7) is 1.99. The number of benzene rings is 1. The van der Waals surface area contributed by atoms with Crippen molar-refractivity contribution in [3.05, 3.63) is 29.3 Å². The maximum Gasteiger partial charge on any atom is 0.170 e. The lowest BCUT2D eigenvalue weighted by atomic mass is 10.1. The number of hydrogen-bond acceptors (Lipinski definition) is 3. The Labute approximate surface area is 106 Å². The highest BCUT2D eigenvalue weighted by Crippen LogP contribution is 2.35. The van der Waals surface area contributed by atoms with Crippen LogP contribution in [0.3, 0.4) is 0 Å². The Morgan fingerprint density at radius 2 is 2.12 bits per heavy atom. The first-order valence-corrected chi connectivity index (χ1v) is 6.84. The van der Waals surface area contributed by atoms with Gasteiger partial charge in [0.25, 0.3) is 0 Å². The van der Waals surface area contributed by atoms with Crippen LogP contribution in [0.5, 0.6) is 0 Å². The Balaban J connectivity index is 2.12. The first-order chi connectivity index (χ1) is 8.20. The molecular formula is C13H18N2OS. The molecule has 0 radical (unpaired) electrons.